The quantitative estimate of drug-likeness (QED) is 0.855. The molecule has 1 aromatic carbocycles. The van der Waals surface area contributed by atoms with Gasteiger partial charge in [-0.3, -0.25) is 14.8 Å². The molecule has 0 aliphatic carbocycles. The van der Waals surface area contributed by atoms with Crippen LogP contribution in [0.3, 0.4) is 0 Å². The number of nitrogens with one attached hydrogen (secondary N) is 2. The summed E-state index contributed by atoms with van der Waals surface area (Å²) in [6.45, 7) is 0. The number of anilines is 2. The van der Waals surface area contributed by atoms with E-state index < -0.39 is 10.0 Å². The third-order valence-electron chi connectivity index (χ3n) is 2.30. The molecule has 110 valence electrons. The molecule has 0 saturated carbocycles. The first-order valence-corrected chi connectivity index (χ1v) is 8.39. The molecular formula is C12H11BrN4O3S. The van der Waals surface area contributed by atoms with E-state index in [9.17, 15) is 13.2 Å². The van der Waals surface area contributed by atoms with Crippen LogP contribution in [0.4, 0.5) is 11.6 Å². The van der Waals surface area contributed by atoms with Crippen molar-refractivity contribution < 1.29 is 13.2 Å². The van der Waals surface area contributed by atoms with Gasteiger partial charge in [0.1, 0.15) is 0 Å². The van der Waals surface area contributed by atoms with Crippen molar-refractivity contribution in [1.82, 2.24) is 9.97 Å². The van der Waals surface area contributed by atoms with Crippen LogP contribution in [0.2, 0.25) is 0 Å². The van der Waals surface area contributed by atoms with Gasteiger partial charge in [-0.1, -0.05) is 0 Å². The molecule has 9 heteroatoms. The summed E-state index contributed by atoms with van der Waals surface area (Å²) in [5, 5.41) is 2.53. The molecule has 2 aromatic rings. The average Bonchev–Trinajstić information content (AvgIpc) is 2.40. The van der Waals surface area contributed by atoms with Crippen LogP contribution in [0.5, 0.6) is 0 Å². The number of carbonyl (C=O) groups excluding carboxylic acids is 1. The molecular weight excluding hydrogens is 360 g/mol. The molecule has 0 bridgehead atoms. The summed E-state index contributed by atoms with van der Waals surface area (Å²) >= 11 is 3.19. The zero-order valence-corrected chi connectivity index (χ0v) is 13.3. The van der Waals surface area contributed by atoms with E-state index in [1.54, 1.807) is 0 Å². The fraction of sp³-hybridized carbons (Fsp3) is 0.0833. The Morgan fingerprint density at radius 3 is 2.24 bits per heavy atom. The van der Waals surface area contributed by atoms with Gasteiger partial charge < -0.3 is 0 Å². The van der Waals surface area contributed by atoms with Gasteiger partial charge in [0.2, 0.25) is 16.0 Å². The molecule has 21 heavy (non-hydrogen) atoms. The van der Waals surface area contributed by atoms with Crippen molar-refractivity contribution in [3.63, 3.8) is 0 Å². The minimum absolute atomic E-state index is 0.182. The monoisotopic (exact) mass is 370 g/mol. The maximum Gasteiger partial charge on any atom is 0.258 e. The van der Waals surface area contributed by atoms with Gasteiger partial charge in [0.15, 0.2) is 0 Å². The third kappa shape index (κ3) is 4.80. The second-order valence-electron chi connectivity index (χ2n) is 4.13. The largest absolute Gasteiger partial charge is 0.290 e. The number of nitrogens with zero attached hydrogens (tertiary/aromatic N) is 2. The van der Waals surface area contributed by atoms with Crippen molar-refractivity contribution in [2.24, 2.45) is 0 Å². The number of carbonyl (C=O) groups is 1. The number of amides is 1. The van der Waals surface area contributed by atoms with Crippen molar-refractivity contribution in [3.8, 4) is 0 Å². The van der Waals surface area contributed by atoms with Crippen molar-refractivity contribution >= 4 is 43.5 Å². The van der Waals surface area contributed by atoms with E-state index in [0.29, 0.717) is 15.7 Å². The van der Waals surface area contributed by atoms with E-state index in [4.69, 9.17) is 0 Å². The number of aromatic nitrogens is 2. The minimum atomic E-state index is -3.34. The smallest absolute Gasteiger partial charge is 0.258 e. The fourth-order valence-corrected chi connectivity index (χ4v) is 2.22. The molecule has 0 spiro atoms. The number of halogens is 1. The molecule has 1 heterocycles. The maximum atomic E-state index is 12.0. The highest BCUT2D eigenvalue weighted by Crippen LogP contribution is 2.12. The summed E-state index contributed by atoms with van der Waals surface area (Å²) in [6, 6.07) is 6.00. The van der Waals surface area contributed by atoms with Crippen LogP contribution in [-0.4, -0.2) is 30.5 Å². The molecule has 0 atom stereocenters. The predicted molar refractivity (Wildman–Crippen MR) is 82.6 cm³/mol. The second-order valence-corrected chi connectivity index (χ2v) is 6.79. The molecule has 2 N–H and O–H groups in total. The summed E-state index contributed by atoms with van der Waals surface area (Å²) in [6.07, 6.45) is 4.09. The van der Waals surface area contributed by atoms with Crippen molar-refractivity contribution in [2.45, 2.75) is 0 Å². The van der Waals surface area contributed by atoms with Crippen LogP contribution >= 0.6 is 15.9 Å². The van der Waals surface area contributed by atoms with Gasteiger partial charge in [-0.2, -0.15) is 0 Å². The van der Waals surface area contributed by atoms with E-state index in [0.717, 1.165) is 6.26 Å². The van der Waals surface area contributed by atoms with Crippen LogP contribution in [0.15, 0.2) is 41.1 Å². The summed E-state index contributed by atoms with van der Waals surface area (Å²) in [7, 11) is -3.34. The van der Waals surface area contributed by atoms with Crippen molar-refractivity contribution in [2.75, 3.05) is 16.3 Å². The summed E-state index contributed by atoms with van der Waals surface area (Å²) in [4.78, 5) is 19.8. The standard InChI is InChI=1S/C12H11BrN4O3S/c1-21(19,20)17-10-4-2-8(3-5-10)11(18)16-12-14-6-9(13)7-15-12/h2-7,17H,1H3,(H,14,15,16,18). The lowest BCUT2D eigenvalue weighted by molar-refractivity contribution is 0.102. The van der Waals surface area contributed by atoms with E-state index >= 15 is 0 Å². The highest BCUT2D eigenvalue weighted by Gasteiger charge is 2.08. The summed E-state index contributed by atoms with van der Waals surface area (Å²) in [5.41, 5.74) is 0.745. The first-order chi connectivity index (χ1) is 9.83. The van der Waals surface area contributed by atoms with E-state index in [2.05, 4.69) is 35.9 Å². The Hall–Kier alpha value is -2.00. The van der Waals surface area contributed by atoms with E-state index in [1.807, 2.05) is 0 Å². The Kier molecular flexibility index (Phi) is 4.53. The SMILES string of the molecule is CS(=O)(=O)Nc1ccc(C(=O)Nc2ncc(Br)cn2)cc1. The van der Waals surface area contributed by atoms with Gasteiger partial charge in [-0.05, 0) is 40.2 Å². The molecule has 0 unspecified atom stereocenters. The lowest BCUT2D eigenvalue weighted by atomic mass is 10.2. The lowest BCUT2D eigenvalue weighted by Gasteiger charge is -2.06. The second kappa shape index (κ2) is 6.19. The van der Waals surface area contributed by atoms with Crippen LogP contribution in [0.25, 0.3) is 0 Å². The number of rotatable bonds is 4. The van der Waals surface area contributed by atoms with Crippen molar-refractivity contribution in [3.05, 3.63) is 46.7 Å². The van der Waals surface area contributed by atoms with Gasteiger partial charge in [-0.25, -0.2) is 18.4 Å². The molecule has 1 amide bonds. The molecule has 1 aromatic heterocycles. The summed E-state index contributed by atoms with van der Waals surface area (Å²) < 4.78 is 25.2. The molecule has 0 fully saturated rings. The molecule has 0 aliphatic rings. The summed E-state index contributed by atoms with van der Waals surface area (Å²) in [5.74, 6) is -0.204. The molecule has 0 aliphatic heterocycles. The first kappa shape index (κ1) is 15.4. The Morgan fingerprint density at radius 1 is 1.14 bits per heavy atom. The highest BCUT2D eigenvalue weighted by atomic mass is 79.9. The molecule has 0 saturated heterocycles. The number of hydrogen-bond donors (Lipinski definition) is 2. The first-order valence-electron chi connectivity index (χ1n) is 5.70. The average molecular weight is 371 g/mol. The zero-order chi connectivity index (χ0) is 15.5. The minimum Gasteiger partial charge on any atom is -0.290 e. The van der Waals surface area contributed by atoms with Gasteiger partial charge in [0, 0.05) is 23.6 Å². The number of benzene rings is 1. The Labute approximate surface area is 130 Å². The van der Waals surface area contributed by atoms with E-state index in [-0.39, 0.29) is 11.9 Å². The molecule has 7 nitrogen and oxygen atoms in total. The molecule has 0 radical (unpaired) electrons. The Balaban J connectivity index is 2.08. The Morgan fingerprint density at radius 2 is 1.71 bits per heavy atom. The lowest BCUT2D eigenvalue weighted by Crippen LogP contribution is -2.14. The van der Waals surface area contributed by atoms with Crippen LogP contribution in [-0.2, 0) is 10.0 Å². The highest BCUT2D eigenvalue weighted by molar-refractivity contribution is 9.10. The predicted octanol–water partition coefficient (Wildman–Crippen LogP) is 1.86. The third-order valence-corrected chi connectivity index (χ3v) is 3.31. The Bertz CT molecular complexity index is 745. The normalized spacial score (nSPS) is 11.0. The molecule has 2 rings (SSSR count). The fourth-order valence-electron chi connectivity index (χ4n) is 1.45. The van der Waals surface area contributed by atoms with Gasteiger partial charge in [-0.15, -0.1) is 0 Å². The van der Waals surface area contributed by atoms with Crippen molar-refractivity contribution in [1.29, 1.82) is 0 Å². The number of sulfonamides is 1. The van der Waals surface area contributed by atoms with Crippen LogP contribution in [0.1, 0.15) is 10.4 Å². The van der Waals surface area contributed by atoms with Gasteiger partial charge in [0.25, 0.3) is 5.91 Å². The van der Waals surface area contributed by atoms with Crippen LogP contribution in [0, 0.1) is 0 Å². The maximum absolute atomic E-state index is 12.0. The topological polar surface area (TPSA) is 101 Å². The van der Waals surface area contributed by atoms with Gasteiger partial charge in [0.05, 0.1) is 10.7 Å². The van der Waals surface area contributed by atoms with Crippen LogP contribution < -0.4 is 10.0 Å². The zero-order valence-electron chi connectivity index (χ0n) is 10.9. The van der Waals surface area contributed by atoms with Gasteiger partial charge >= 0.3 is 0 Å². The van der Waals surface area contributed by atoms with E-state index in [1.165, 1.54) is 36.7 Å². The number of hydrogen-bond acceptors (Lipinski definition) is 5.